The predicted molar refractivity (Wildman–Crippen MR) is 72.1 cm³/mol. The number of carbonyl (C=O) groups is 2. The van der Waals surface area contributed by atoms with Crippen molar-refractivity contribution < 1.29 is 27.5 Å². The Morgan fingerprint density at radius 2 is 1.90 bits per heavy atom. The van der Waals surface area contributed by atoms with Crippen molar-refractivity contribution in [3.05, 3.63) is 29.8 Å². The van der Waals surface area contributed by atoms with Crippen molar-refractivity contribution in [3.8, 4) is 0 Å². The third kappa shape index (κ3) is 3.22. The second kappa shape index (κ2) is 5.82. The second-order valence-corrected chi connectivity index (χ2v) is 6.81. The minimum atomic E-state index is -3.54. The van der Waals surface area contributed by atoms with E-state index in [9.17, 15) is 18.0 Å². The highest BCUT2D eigenvalue weighted by atomic mass is 32.2. The minimum Gasteiger partial charge on any atom is -0.463 e. The summed E-state index contributed by atoms with van der Waals surface area (Å²) in [6.07, 6.45) is -0.555. The number of benzene rings is 1. The molecule has 0 aliphatic carbocycles. The van der Waals surface area contributed by atoms with Gasteiger partial charge in [-0.15, -0.1) is 0 Å². The molecule has 0 N–H and O–H groups in total. The smallest absolute Gasteiger partial charge is 0.347 e. The molecule has 0 amide bonds. The Balaban J connectivity index is 2.12. The SMILES string of the molecule is CN(C)S(=O)(=O)c1ccc(C(=O)O[C@@H]2CCOC2=O)cc1. The molecule has 7 nitrogen and oxygen atoms in total. The summed E-state index contributed by atoms with van der Waals surface area (Å²) in [6, 6.07) is 5.33. The molecule has 0 bridgehead atoms. The fraction of sp³-hybridized carbons (Fsp3) is 0.385. The molecule has 1 atom stereocenters. The van der Waals surface area contributed by atoms with Crippen LogP contribution in [0.3, 0.4) is 0 Å². The molecule has 8 heteroatoms. The van der Waals surface area contributed by atoms with Gasteiger partial charge >= 0.3 is 11.9 Å². The monoisotopic (exact) mass is 313 g/mol. The van der Waals surface area contributed by atoms with Gasteiger partial charge in [0.2, 0.25) is 16.1 Å². The molecule has 1 saturated heterocycles. The van der Waals surface area contributed by atoms with Crippen LogP contribution in [0, 0.1) is 0 Å². The van der Waals surface area contributed by atoms with Gasteiger partial charge in [0.15, 0.2) is 0 Å². The normalized spacial score (nSPS) is 18.6. The molecule has 0 spiro atoms. The number of sulfonamides is 1. The van der Waals surface area contributed by atoms with Crippen LogP contribution in [0.25, 0.3) is 0 Å². The second-order valence-electron chi connectivity index (χ2n) is 4.66. The molecule has 1 aromatic rings. The largest absolute Gasteiger partial charge is 0.463 e. The Bertz CT molecular complexity index is 650. The zero-order chi connectivity index (χ0) is 15.6. The first-order chi connectivity index (χ1) is 9.82. The van der Waals surface area contributed by atoms with Crippen LogP contribution in [-0.2, 0) is 24.3 Å². The molecule has 1 heterocycles. The van der Waals surface area contributed by atoms with Crippen molar-refractivity contribution in [2.24, 2.45) is 0 Å². The highest BCUT2D eigenvalue weighted by Gasteiger charge is 2.30. The zero-order valence-corrected chi connectivity index (χ0v) is 12.4. The van der Waals surface area contributed by atoms with E-state index in [1.807, 2.05) is 0 Å². The quantitative estimate of drug-likeness (QED) is 0.748. The molecule has 21 heavy (non-hydrogen) atoms. The fourth-order valence-electron chi connectivity index (χ4n) is 1.76. The van der Waals surface area contributed by atoms with Crippen molar-refractivity contribution in [1.82, 2.24) is 4.31 Å². The molecule has 0 saturated carbocycles. The van der Waals surface area contributed by atoms with E-state index in [2.05, 4.69) is 0 Å². The number of ether oxygens (including phenoxy) is 2. The summed E-state index contributed by atoms with van der Waals surface area (Å²) in [7, 11) is -0.704. The van der Waals surface area contributed by atoms with E-state index in [0.717, 1.165) is 4.31 Å². The van der Waals surface area contributed by atoms with Gasteiger partial charge in [-0.1, -0.05) is 0 Å². The number of hydrogen-bond donors (Lipinski definition) is 0. The lowest BCUT2D eigenvalue weighted by molar-refractivity contribution is -0.145. The van der Waals surface area contributed by atoms with Crippen LogP contribution in [0.1, 0.15) is 16.8 Å². The first-order valence-electron chi connectivity index (χ1n) is 6.22. The van der Waals surface area contributed by atoms with Gasteiger partial charge in [0.25, 0.3) is 0 Å². The van der Waals surface area contributed by atoms with Gasteiger partial charge in [0.1, 0.15) is 0 Å². The molecule has 1 aromatic carbocycles. The van der Waals surface area contributed by atoms with E-state index < -0.39 is 28.1 Å². The number of esters is 2. The Morgan fingerprint density at radius 3 is 2.38 bits per heavy atom. The van der Waals surface area contributed by atoms with Crippen LogP contribution >= 0.6 is 0 Å². The van der Waals surface area contributed by atoms with Gasteiger partial charge in [0, 0.05) is 20.5 Å². The highest BCUT2D eigenvalue weighted by Crippen LogP contribution is 2.17. The van der Waals surface area contributed by atoms with Gasteiger partial charge in [0.05, 0.1) is 17.1 Å². The van der Waals surface area contributed by atoms with E-state index in [1.54, 1.807) is 0 Å². The van der Waals surface area contributed by atoms with Gasteiger partial charge in [-0.2, -0.15) is 0 Å². The summed E-state index contributed by atoms with van der Waals surface area (Å²) in [5.41, 5.74) is 0.174. The van der Waals surface area contributed by atoms with Crippen LogP contribution in [0.15, 0.2) is 29.2 Å². The predicted octanol–water partition coefficient (Wildman–Crippen LogP) is 0.409. The Kier molecular flexibility index (Phi) is 4.29. The Morgan fingerprint density at radius 1 is 1.29 bits per heavy atom. The average Bonchev–Trinajstić information content (AvgIpc) is 2.84. The lowest BCUT2D eigenvalue weighted by atomic mass is 10.2. The Labute approximate surface area is 122 Å². The number of cyclic esters (lactones) is 1. The average molecular weight is 313 g/mol. The summed E-state index contributed by atoms with van der Waals surface area (Å²) in [4.78, 5) is 23.1. The van der Waals surface area contributed by atoms with Crippen LogP contribution in [-0.4, -0.2) is 51.5 Å². The highest BCUT2D eigenvalue weighted by molar-refractivity contribution is 7.89. The van der Waals surface area contributed by atoms with E-state index in [1.165, 1.54) is 38.4 Å². The number of nitrogens with zero attached hydrogens (tertiary/aromatic N) is 1. The van der Waals surface area contributed by atoms with Gasteiger partial charge in [-0.3, -0.25) is 0 Å². The molecule has 0 aromatic heterocycles. The molecule has 0 radical (unpaired) electrons. The molecular weight excluding hydrogens is 298 g/mol. The summed E-state index contributed by atoms with van der Waals surface area (Å²) in [5.74, 6) is -1.25. The van der Waals surface area contributed by atoms with Crippen molar-refractivity contribution in [2.45, 2.75) is 17.4 Å². The summed E-state index contributed by atoms with van der Waals surface area (Å²) in [6.45, 7) is 0.233. The lowest BCUT2D eigenvalue weighted by Gasteiger charge is -2.12. The van der Waals surface area contributed by atoms with E-state index >= 15 is 0 Å². The Hall–Kier alpha value is -1.93. The van der Waals surface area contributed by atoms with Gasteiger partial charge in [-0.25, -0.2) is 22.3 Å². The van der Waals surface area contributed by atoms with E-state index in [-0.39, 0.29) is 17.1 Å². The standard InChI is InChI=1S/C13H15NO6S/c1-14(2)21(17,18)10-5-3-9(4-6-10)12(15)20-11-7-8-19-13(11)16/h3-6,11H,7-8H2,1-2H3/t11-/m1/s1. The molecule has 0 unspecified atom stereocenters. The molecule has 2 rings (SSSR count). The van der Waals surface area contributed by atoms with Crippen LogP contribution in [0.4, 0.5) is 0 Å². The van der Waals surface area contributed by atoms with Crippen LogP contribution < -0.4 is 0 Å². The third-order valence-corrected chi connectivity index (χ3v) is 4.83. The maximum absolute atomic E-state index is 11.9. The minimum absolute atomic E-state index is 0.0735. The topological polar surface area (TPSA) is 90.0 Å². The number of rotatable bonds is 4. The van der Waals surface area contributed by atoms with Crippen LogP contribution in [0.2, 0.25) is 0 Å². The molecule has 114 valence electrons. The summed E-state index contributed by atoms with van der Waals surface area (Å²) in [5, 5.41) is 0. The summed E-state index contributed by atoms with van der Waals surface area (Å²) >= 11 is 0. The van der Waals surface area contributed by atoms with Crippen LogP contribution in [0.5, 0.6) is 0 Å². The maximum Gasteiger partial charge on any atom is 0.347 e. The van der Waals surface area contributed by atoms with Crippen molar-refractivity contribution in [2.75, 3.05) is 20.7 Å². The fourth-order valence-corrected chi connectivity index (χ4v) is 2.66. The van der Waals surface area contributed by atoms with Crippen molar-refractivity contribution >= 4 is 22.0 Å². The summed E-state index contributed by atoms with van der Waals surface area (Å²) < 4.78 is 34.5. The van der Waals surface area contributed by atoms with E-state index in [4.69, 9.17) is 9.47 Å². The number of hydrogen-bond acceptors (Lipinski definition) is 6. The van der Waals surface area contributed by atoms with Crippen molar-refractivity contribution in [3.63, 3.8) is 0 Å². The zero-order valence-electron chi connectivity index (χ0n) is 11.6. The molecule has 1 aliphatic rings. The molecule has 1 fully saturated rings. The molecular formula is C13H15NO6S. The van der Waals surface area contributed by atoms with Crippen molar-refractivity contribution in [1.29, 1.82) is 0 Å². The van der Waals surface area contributed by atoms with Gasteiger partial charge in [-0.05, 0) is 24.3 Å². The maximum atomic E-state index is 11.9. The number of carbonyl (C=O) groups excluding carboxylic acids is 2. The first kappa shape index (κ1) is 15.5. The lowest BCUT2D eigenvalue weighted by Crippen LogP contribution is -2.23. The van der Waals surface area contributed by atoms with Gasteiger partial charge < -0.3 is 9.47 Å². The van der Waals surface area contributed by atoms with E-state index in [0.29, 0.717) is 6.42 Å². The third-order valence-electron chi connectivity index (χ3n) is 3.01. The molecule has 1 aliphatic heterocycles. The first-order valence-corrected chi connectivity index (χ1v) is 7.66.